The molecule has 1 saturated heterocycles. The highest BCUT2D eigenvalue weighted by molar-refractivity contribution is 7.98. The maximum Gasteiger partial charge on any atom is 0.251 e. The van der Waals surface area contributed by atoms with Gasteiger partial charge in [0.2, 0.25) is 5.91 Å². The third-order valence-corrected chi connectivity index (χ3v) is 7.22. The Kier molecular flexibility index (Phi) is 7.60. The first-order valence-electron chi connectivity index (χ1n) is 11.7. The fourth-order valence-corrected chi connectivity index (χ4v) is 5.25. The lowest BCUT2D eigenvalue weighted by molar-refractivity contribution is -0.135. The van der Waals surface area contributed by atoms with Gasteiger partial charge in [0, 0.05) is 37.3 Å². The van der Waals surface area contributed by atoms with Crippen molar-refractivity contribution in [2.45, 2.75) is 44.2 Å². The van der Waals surface area contributed by atoms with Crippen molar-refractivity contribution in [1.29, 1.82) is 0 Å². The van der Waals surface area contributed by atoms with Gasteiger partial charge in [-0.25, -0.2) is 4.98 Å². The molecule has 178 valence electrons. The molecule has 0 radical (unpaired) electrons. The summed E-state index contributed by atoms with van der Waals surface area (Å²) in [6.45, 7) is 4.70. The molecule has 1 spiro atoms. The largest absolute Gasteiger partial charge is 0.494 e. The summed E-state index contributed by atoms with van der Waals surface area (Å²) in [5, 5.41) is 6.65. The van der Waals surface area contributed by atoms with Crippen LogP contribution in [0, 0.1) is 0 Å². The van der Waals surface area contributed by atoms with E-state index >= 15 is 0 Å². The summed E-state index contributed by atoms with van der Waals surface area (Å²) in [6, 6.07) is 6.49. The van der Waals surface area contributed by atoms with Crippen molar-refractivity contribution >= 4 is 23.6 Å². The number of aromatic amines is 1. The highest BCUT2D eigenvalue weighted by Gasteiger charge is 2.42. The smallest absolute Gasteiger partial charge is 0.251 e. The van der Waals surface area contributed by atoms with Crippen LogP contribution in [0.25, 0.3) is 0 Å². The van der Waals surface area contributed by atoms with E-state index in [0.29, 0.717) is 31.7 Å². The molecule has 3 heterocycles. The monoisotopic (exact) mass is 471 g/mol. The lowest BCUT2D eigenvalue weighted by atomic mass is 9.80. The Balaban J connectivity index is 1.40. The Hall–Kier alpha value is -2.52. The summed E-state index contributed by atoms with van der Waals surface area (Å²) in [4.78, 5) is 36.0. The number of piperidine rings is 1. The fourth-order valence-electron chi connectivity index (χ4n) is 4.78. The Morgan fingerprint density at radius 3 is 2.73 bits per heavy atom. The first-order valence-corrected chi connectivity index (χ1v) is 13.0. The molecule has 0 saturated carbocycles. The Morgan fingerprint density at radius 2 is 2.03 bits per heavy atom. The van der Waals surface area contributed by atoms with Crippen LogP contribution in [0.4, 0.5) is 0 Å². The van der Waals surface area contributed by atoms with Gasteiger partial charge >= 0.3 is 0 Å². The zero-order chi connectivity index (χ0) is 23.3. The van der Waals surface area contributed by atoms with Crippen LogP contribution >= 0.6 is 11.8 Å². The normalized spacial score (nSPS) is 17.9. The Morgan fingerprint density at radius 1 is 1.27 bits per heavy atom. The van der Waals surface area contributed by atoms with Gasteiger partial charge in [-0.05, 0) is 62.5 Å². The van der Waals surface area contributed by atoms with E-state index in [9.17, 15) is 9.59 Å². The number of hydrogen-bond acceptors (Lipinski definition) is 6. The van der Waals surface area contributed by atoms with Gasteiger partial charge in [0.1, 0.15) is 11.8 Å². The van der Waals surface area contributed by atoms with Crippen molar-refractivity contribution in [1.82, 2.24) is 25.5 Å². The molecule has 1 aromatic heterocycles. The number of benzene rings is 1. The van der Waals surface area contributed by atoms with Gasteiger partial charge in [-0.1, -0.05) is 0 Å². The van der Waals surface area contributed by atoms with Gasteiger partial charge in [-0.15, -0.1) is 0 Å². The van der Waals surface area contributed by atoms with Gasteiger partial charge in [0.05, 0.1) is 24.2 Å². The molecular formula is C24H33N5O3S. The summed E-state index contributed by atoms with van der Waals surface area (Å²) < 4.78 is 5.45. The van der Waals surface area contributed by atoms with Gasteiger partial charge < -0.3 is 25.3 Å². The van der Waals surface area contributed by atoms with Crippen LogP contribution in [0.3, 0.4) is 0 Å². The van der Waals surface area contributed by atoms with E-state index in [1.54, 1.807) is 42.4 Å². The quantitative estimate of drug-likeness (QED) is 0.547. The Bertz CT molecular complexity index is 953. The fraction of sp³-hybridized carbons (Fsp3) is 0.542. The third kappa shape index (κ3) is 5.19. The molecule has 2 amide bonds. The van der Waals surface area contributed by atoms with Crippen LogP contribution < -0.4 is 15.4 Å². The van der Waals surface area contributed by atoms with Gasteiger partial charge in [-0.3, -0.25) is 9.59 Å². The molecular weight excluding hydrogens is 438 g/mol. The highest BCUT2D eigenvalue weighted by Crippen LogP contribution is 2.36. The summed E-state index contributed by atoms with van der Waals surface area (Å²) in [5.74, 6) is 1.29. The van der Waals surface area contributed by atoms with E-state index in [2.05, 4.69) is 20.6 Å². The molecule has 0 bridgehead atoms. The molecule has 8 nitrogen and oxygen atoms in total. The second kappa shape index (κ2) is 10.6. The lowest BCUT2D eigenvalue weighted by Crippen LogP contribution is -2.57. The van der Waals surface area contributed by atoms with Gasteiger partial charge in [-0.2, -0.15) is 11.8 Å². The molecule has 2 aliphatic rings. The van der Waals surface area contributed by atoms with E-state index in [1.807, 2.05) is 18.1 Å². The summed E-state index contributed by atoms with van der Waals surface area (Å²) in [5.41, 5.74) is 2.66. The second-order valence-corrected chi connectivity index (χ2v) is 9.56. The van der Waals surface area contributed by atoms with Gasteiger partial charge in [0.25, 0.3) is 5.91 Å². The zero-order valence-electron chi connectivity index (χ0n) is 19.4. The average Bonchev–Trinajstić information content (AvgIpc) is 3.33. The average molecular weight is 472 g/mol. The minimum atomic E-state index is -0.536. The maximum absolute atomic E-state index is 13.4. The van der Waals surface area contributed by atoms with E-state index in [1.165, 1.54) is 5.69 Å². The van der Waals surface area contributed by atoms with Crippen molar-refractivity contribution in [3.05, 3.63) is 47.5 Å². The number of carbonyl (C=O) groups excluding carboxylic acids is 2. The maximum atomic E-state index is 13.4. The number of imidazole rings is 1. The lowest BCUT2D eigenvalue weighted by Gasteiger charge is -2.44. The highest BCUT2D eigenvalue weighted by atomic mass is 32.2. The number of amides is 2. The van der Waals surface area contributed by atoms with E-state index in [0.717, 1.165) is 43.0 Å². The zero-order valence-corrected chi connectivity index (χ0v) is 20.2. The van der Waals surface area contributed by atoms with E-state index in [-0.39, 0.29) is 17.4 Å². The predicted octanol–water partition coefficient (Wildman–Crippen LogP) is 2.32. The van der Waals surface area contributed by atoms with E-state index < -0.39 is 6.04 Å². The topological polar surface area (TPSA) is 99.4 Å². The van der Waals surface area contributed by atoms with Crippen LogP contribution in [-0.2, 0) is 16.8 Å². The Labute approximate surface area is 199 Å². The van der Waals surface area contributed by atoms with Crippen LogP contribution in [-0.4, -0.2) is 71.0 Å². The molecule has 1 unspecified atom stereocenters. The van der Waals surface area contributed by atoms with Crippen molar-refractivity contribution in [2.24, 2.45) is 0 Å². The number of carbonyl (C=O) groups is 2. The van der Waals surface area contributed by atoms with Crippen LogP contribution in [0.15, 0.2) is 30.6 Å². The van der Waals surface area contributed by atoms with Crippen LogP contribution in [0.5, 0.6) is 5.75 Å². The predicted molar refractivity (Wildman–Crippen MR) is 130 cm³/mol. The number of rotatable bonds is 8. The molecule has 1 fully saturated rings. The van der Waals surface area contributed by atoms with Gasteiger partial charge in [0.15, 0.2) is 0 Å². The van der Waals surface area contributed by atoms with Crippen LogP contribution in [0.1, 0.15) is 47.9 Å². The summed E-state index contributed by atoms with van der Waals surface area (Å²) in [6.07, 6.45) is 6.97. The molecule has 4 rings (SSSR count). The number of aromatic nitrogens is 2. The number of likely N-dealkylation sites (tertiary alicyclic amines) is 1. The third-order valence-electron chi connectivity index (χ3n) is 6.58. The molecule has 0 aliphatic carbocycles. The number of nitrogens with zero attached hydrogens (tertiary/aromatic N) is 2. The first-order chi connectivity index (χ1) is 16.1. The molecule has 1 aromatic carbocycles. The minimum Gasteiger partial charge on any atom is -0.494 e. The van der Waals surface area contributed by atoms with Crippen molar-refractivity contribution in [2.75, 3.05) is 38.2 Å². The summed E-state index contributed by atoms with van der Waals surface area (Å²) in [7, 11) is 0. The molecule has 9 heteroatoms. The van der Waals surface area contributed by atoms with Crippen molar-refractivity contribution in [3.63, 3.8) is 0 Å². The number of H-pyrrole nitrogens is 1. The number of thioether (sulfide) groups is 1. The van der Waals surface area contributed by atoms with Crippen molar-refractivity contribution < 1.29 is 14.3 Å². The van der Waals surface area contributed by atoms with Crippen molar-refractivity contribution in [3.8, 4) is 5.75 Å². The second-order valence-electron chi connectivity index (χ2n) is 8.58. The minimum absolute atomic E-state index is 0.00347. The number of fused-ring (bicyclic) bond motifs is 2. The standard InChI is InChI=1S/C24H33N5O3S/c1-3-32-18-6-4-17(5-7-18)22(30)28-20(9-15-33-2)23(31)29-13-10-24(11-14-29)21-19(8-12-27-24)25-16-26-21/h4-7,16,20,27H,3,8-15H2,1-2H3,(H,25,26)(H,28,30). The number of ether oxygens (including phenoxy) is 1. The molecule has 2 aliphatic heterocycles. The number of nitrogens with one attached hydrogen (secondary N) is 3. The molecule has 3 N–H and O–H groups in total. The van der Waals surface area contributed by atoms with Crippen LogP contribution in [0.2, 0.25) is 0 Å². The number of hydrogen-bond donors (Lipinski definition) is 3. The SMILES string of the molecule is CCOc1ccc(C(=O)NC(CCSC)C(=O)N2CCC3(CC2)NCCc2[nH]cnc23)cc1. The first kappa shape index (κ1) is 23.6. The molecule has 1 atom stereocenters. The van der Waals surface area contributed by atoms with E-state index in [4.69, 9.17) is 4.74 Å². The molecule has 33 heavy (non-hydrogen) atoms. The molecule has 2 aromatic rings. The summed E-state index contributed by atoms with van der Waals surface area (Å²) >= 11 is 1.67.